The van der Waals surface area contributed by atoms with E-state index in [9.17, 15) is 0 Å². The minimum atomic E-state index is 0. The summed E-state index contributed by atoms with van der Waals surface area (Å²) in [6.07, 6.45) is 1.44. The van der Waals surface area contributed by atoms with Gasteiger partial charge in [-0.15, -0.1) is 12.4 Å². The summed E-state index contributed by atoms with van der Waals surface area (Å²) in [6.45, 7) is 1.84. The molecular weight excluding hydrogens is 198 g/mol. The van der Waals surface area contributed by atoms with Crippen LogP contribution in [0.3, 0.4) is 0 Å². The van der Waals surface area contributed by atoms with Crippen molar-refractivity contribution in [2.75, 3.05) is 13.2 Å². The van der Waals surface area contributed by atoms with Crippen molar-refractivity contribution in [2.45, 2.75) is 18.6 Å². The minimum Gasteiger partial charge on any atom is -0.371 e. The molecule has 0 amide bonds. The fourth-order valence-corrected chi connectivity index (χ4v) is 2.37. The van der Waals surface area contributed by atoms with Gasteiger partial charge in [-0.2, -0.15) is 0 Å². The molecule has 0 radical (unpaired) electrons. The molecule has 0 aromatic heterocycles. The Hall–Kier alpha value is -0.570. The number of hydrogen-bond acceptors (Lipinski definition) is 2. The van der Waals surface area contributed by atoms with E-state index in [0.717, 1.165) is 19.6 Å². The third-order valence-corrected chi connectivity index (χ3v) is 2.97. The molecule has 1 fully saturated rings. The summed E-state index contributed by atoms with van der Waals surface area (Å²) in [5.74, 6) is 0. The van der Waals surface area contributed by atoms with Gasteiger partial charge in [0.1, 0.15) is 0 Å². The number of halogens is 1. The summed E-state index contributed by atoms with van der Waals surface area (Å²) in [4.78, 5) is 0. The van der Waals surface area contributed by atoms with Crippen LogP contribution in [0.5, 0.6) is 0 Å². The van der Waals surface area contributed by atoms with E-state index in [-0.39, 0.29) is 12.4 Å². The normalized spacial score (nSPS) is 28.9. The first-order valence-electron chi connectivity index (χ1n) is 4.88. The van der Waals surface area contributed by atoms with Crippen molar-refractivity contribution >= 4 is 12.4 Å². The quantitative estimate of drug-likeness (QED) is 0.705. The van der Waals surface area contributed by atoms with Crippen LogP contribution in [-0.4, -0.2) is 19.2 Å². The zero-order chi connectivity index (χ0) is 8.67. The molecule has 1 aliphatic carbocycles. The van der Waals surface area contributed by atoms with E-state index < -0.39 is 0 Å². The molecule has 1 aliphatic heterocycles. The summed E-state index contributed by atoms with van der Waals surface area (Å²) in [5.41, 5.74) is 2.84. The van der Waals surface area contributed by atoms with E-state index in [1.807, 2.05) is 0 Å². The average molecular weight is 212 g/mol. The van der Waals surface area contributed by atoms with Crippen LogP contribution in [0.25, 0.3) is 0 Å². The Labute approximate surface area is 90.1 Å². The highest BCUT2D eigenvalue weighted by atomic mass is 35.5. The van der Waals surface area contributed by atoms with E-state index in [2.05, 4.69) is 29.6 Å². The lowest BCUT2D eigenvalue weighted by atomic mass is 10.1. The standard InChI is InChI=1S/C11H13NO.ClH/c1-2-4-9-8(3-1)7-10-11(9)13-6-5-12-10;/h1-4,10-12H,5-7H2;1H. The van der Waals surface area contributed by atoms with Gasteiger partial charge < -0.3 is 10.1 Å². The molecule has 3 heteroatoms. The Bertz CT molecular complexity index is 329. The van der Waals surface area contributed by atoms with Crippen LogP contribution in [0, 0.1) is 0 Å². The summed E-state index contributed by atoms with van der Waals surface area (Å²) in [5, 5.41) is 3.50. The maximum Gasteiger partial charge on any atom is 0.0984 e. The number of hydrogen-bond donors (Lipinski definition) is 1. The van der Waals surface area contributed by atoms with Crippen LogP contribution in [0.4, 0.5) is 0 Å². The van der Waals surface area contributed by atoms with Crippen LogP contribution < -0.4 is 5.32 Å². The van der Waals surface area contributed by atoms with E-state index in [1.54, 1.807) is 0 Å². The van der Waals surface area contributed by atoms with Gasteiger partial charge in [0.05, 0.1) is 12.7 Å². The summed E-state index contributed by atoms with van der Waals surface area (Å²) in [6, 6.07) is 9.12. The smallest absolute Gasteiger partial charge is 0.0984 e. The number of ether oxygens (including phenoxy) is 1. The van der Waals surface area contributed by atoms with Gasteiger partial charge in [0.25, 0.3) is 0 Å². The molecule has 2 atom stereocenters. The Balaban J connectivity index is 0.000000750. The molecule has 2 nitrogen and oxygen atoms in total. The first kappa shape index (κ1) is 9.97. The molecule has 14 heavy (non-hydrogen) atoms. The number of benzene rings is 1. The van der Waals surface area contributed by atoms with Gasteiger partial charge in [0.15, 0.2) is 0 Å². The van der Waals surface area contributed by atoms with Crippen molar-refractivity contribution in [3.8, 4) is 0 Å². The number of fused-ring (bicyclic) bond motifs is 3. The molecule has 0 bridgehead atoms. The lowest BCUT2D eigenvalue weighted by molar-refractivity contribution is 0.00358. The van der Waals surface area contributed by atoms with Gasteiger partial charge in [-0.05, 0) is 17.5 Å². The molecule has 1 heterocycles. The fourth-order valence-electron chi connectivity index (χ4n) is 2.37. The Morgan fingerprint density at radius 1 is 1.29 bits per heavy atom. The molecule has 2 unspecified atom stereocenters. The van der Waals surface area contributed by atoms with E-state index in [4.69, 9.17) is 4.74 Å². The lowest BCUT2D eigenvalue weighted by Gasteiger charge is -2.27. The first-order chi connectivity index (χ1) is 6.45. The monoisotopic (exact) mass is 211 g/mol. The SMILES string of the molecule is Cl.c1ccc2c(c1)CC1NCCOC21. The molecule has 0 saturated carbocycles. The van der Waals surface area contributed by atoms with Crippen LogP contribution in [0.2, 0.25) is 0 Å². The zero-order valence-electron chi connectivity index (χ0n) is 7.90. The molecule has 0 spiro atoms. The predicted molar refractivity (Wildman–Crippen MR) is 57.9 cm³/mol. The maximum atomic E-state index is 5.77. The lowest BCUT2D eigenvalue weighted by Crippen LogP contribution is -2.41. The van der Waals surface area contributed by atoms with Crippen molar-refractivity contribution in [1.82, 2.24) is 5.32 Å². The first-order valence-corrected chi connectivity index (χ1v) is 4.88. The van der Waals surface area contributed by atoms with E-state index in [0.29, 0.717) is 12.1 Å². The van der Waals surface area contributed by atoms with Crippen molar-refractivity contribution in [1.29, 1.82) is 0 Å². The van der Waals surface area contributed by atoms with Crippen LogP contribution >= 0.6 is 12.4 Å². The Kier molecular flexibility index (Phi) is 2.77. The minimum absolute atomic E-state index is 0. The van der Waals surface area contributed by atoms with Crippen LogP contribution in [0.15, 0.2) is 24.3 Å². The number of rotatable bonds is 0. The van der Waals surface area contributed by atoms with Crippen molar-refractivity contribution < 1.29 is 4.74 Å². The molecule has 1 saturated heterocycles. The fraction of sp³-hybridized carbons (Fsp3) is 0.455. The maximum absolute atomic E-state index is 5.77. The second kappa shape index (κ2) is 3.89. The van der Waals surface area contributed by atoms with Crippen molar-refractivity contribution in [2.24, 2.45) is 0 Å². The van der Waals surface area contributed by atoms with Gasteiger partial charge in [-0.3, -0.25) is 0 Å². The van der Waals surface area contributed by atoms with Gasteiger partial charge in [0, 0.05) is 12.6 Å². The summed E-state index contributed by atoms with van der Waals surface area (Å²) < 4.78 is 5.77. The third-order valence-electron chi connectivity index (χ3n) is 2.97. The van der Waals surface area contributed by atoms with Crippen LogP contribution in [0.1, 0.15) is 17.2 Å². The summed E-state index contributed by atoms with van der Waals surface area (Å²) in [7, 11) is 0. The topological polar surface area (TPSA) is 21.3 Å². The van der Waals surface area contributed by atoms with Crippen molar-refractivity contribution in [3.05, 3.63) is 35.4 Å². The molecule has 1 N–H and O–H groups in total. The highest BCUT2D eigenvalue weighted by Crippen LogP contribution is 2.35. The Morgan fingerprint density at radius 2 is 2.14 bits per heavy atom. The molecular formula is C11H14ClNO. The second-order valence-corrected chi connectivity index (χ2v) is 3.75. The van der Waals surface area contributed by atoms with Crippen LogP contribution in [-0.2, 0) is 11.2 Å². The highest BCUT2D eigenvalue weighted by Gasteiger charge is 2.34. The van der Waals surface area contributed by atoms with E-state index in [1.165, 1.54) is 11.1 Å². The Morgan fingerprint density at radius 3 is 3.07 bits per heavy atom. The predicted octanol–water partition coefficient (Wildman–Crippen LogP) is 1.69. The van der Waals surface area contributed by atoms with E-state index >= 15 is 0 Å². The van der Waals surface area contributed by atoms with Gasteiger partial charge in [0.2, 0.25) is 0 Å². The summed E-state index contributed by atoms with van der Waals surface area (Å²) >= 11 is 0. The number of nitrogens with one attached hydrogen (secondary N) is 1. The average Bonchev–Trinajstić information content (AvgIpc) is 2.56. The third kappa shape index (κ3) is 1.44. The second-order valence-electron chi connectivity index (χ2n) is 3.75. The van der Waals surface area contributed by atoms with Gasteiger partial charge >= 0.3 is 0 Å². The highest BCUT2D eigenvalue weighted by molar-refractivity contribution is 5.85. The van der Waals surface area contributed by atoms with Gasteiger partial charge in [-0.1, -0.05) is 24.3 Å². The molecule has 1 aromatic carbocycles. The molecule has 1 aromatic rings. The number of morpholine rings is 1. The zero-order valence-corrected chi connectivity index (χ0v) is 8.72. The molecule has 2 aliphatic rings. The molecule has 76 valence electrons. The molecule has 3 rings (SSSR count). The van der Waals surface area contributed by atoms with Crippen molar-refractivity contribution in [3.63, 3.8) is 0 Å². The largest absolute Gasteiger partial charge is 0.371 e. The van der Waals surface area contributed by atoms with Gasteiger partial charge in [-0.25, -0.2) is 0 Å².